The fourth-order valence-electron chi connectivity index (χ4n) is 2.51. The average Bonchev–Trinajstić information content (AvgIpc) is 2.88. The standard InChI is InChI=1S/C17H26N2O.ClH/c1-17(2,3)14-7-4-13(5-8-14)6-9-16(20)19-15-10-11-18-12-15;/h4-5,7-8,15,18H,6,9-12H2,1-3H3,(H,19,20);1H. The monoisotopic (exact) mass is 310 g/mol. The highest BCUT2D eigenvalue weighted by atomic mass is 35.5. The highest BCUT2D eigenvalue weighted by molar-refractivity contribution is 5.85. The number of halogens is 1. The minimum atomic E-state index is 0. The highest BCUT2D eigenvalue weighted by Gasteiger charge is 2.16. The summed E-state index contributed by atoms with van der Waals surface area (Å²) in [6.07, 6.45) is 2.44. The van der Waals surface area contributed by atoms with E-state index in [0.717, 1.165) is 25.9 Å². The third-order valence-electron chi connectivity index (χ3n) is 3.89. The summed E-state index contributed by atoms with van der Waals surface area (Å²) in [6.45, 7) is 8.56. The van der Waals surface area contributed by atoms with E-state index in [9.17, 15) is 4.79 Å². The third kappa shape index (κ3) is 5.68. The van der Waals surface area contributed by atoms with Crippen LogP contribution in [0.5, 0.6) is 0 Å². The molecule has 0 saturated carbocycles. The third-order valence-corrected chi connectivity index (χ3v) is 3.89. The number of benzene rings is 1. The number of rotatable bonds is 4. The minimum Gasteiger partial charge on any atom is -0.352 e. The normalized spacial score (nSPS) is 18.1. The van der Waals surface area contributed by atoms with Crippen LogP contribution in [0.15, 0.2) is 24.3 Å². The van der Waals surface area contributed by atoms with Crippen LogP contribution in [-0.2, 0) is 16.6 Å². The van der Waals surface area contributed by atoms with Gasteiger partial charge in [0.2, 0.25) is 5.91 Å². The summed E-state index contributed by atoms with van der Waals surface area (Å²) in [5.74, 6) is 0.165. The largest absolute Gasteiger partial charge is 0.352 e. The number of hydrogen-bond acceptors (Lipinski definition) is 2. The van der Waals surface area contributed by atoms with Gasteiger partial charge in [-0.15, -0.1) is 12.4 Å². The number of carbonyl (C=O) groups is 1. The molecule has 2 N–H and O–H groups in total. The van der Waals surface area contributed by atoms with E-state index in [1.165, 1.54) is 11.1 Å². The molecule has 1 atom stereocenters. The fraction of sp³-hybridized carbons (Fsp3) is 0.588. The Morgan fingerprint density at radius 3 is 2.48 bits per heavy atom. The first-order chi connectivity index (χ1) is 9.45. The quantitative estimate of drug-likeness (QED) is 0.898. The molecule has 1 aliphatic rings. The van der Waals surface area contributed by atoms with Gasteiger partial charge in [0.05, 0.1) is 0 Å². The molecule has 118 valence electrons. The number of aryl methyl sites for hydroxylation is 1. The second-order valence-electron chi connectivity index (χ2n) is 6.70. The van der Waals surface area contributed by atoms with Crippen molar-refractivity contribution in [2.75, 3.05) is 13.1 Å². The maximum Gasteiger partial charge on any atom is 0.220 e. The molecule has 0 aromatic heterocycles. The summed E-state index contributed by atoms with van der Waals surface area (Å²) < 4.78 is 0. The molecule has 0 spiro atoms. The number of hydrogen-bond donors (Lipinski definition) is 2. The molecule has 1 heterocycles. The van der Waals surface area contributed by atoms with Gasteiger partial charge in [0.15, 0.2) is 0 Å². The zero-order valence-corrected chi connectivity index (χ0v) is 14.1. The molecule has 21 heavy (non-hydrogen) atoms. The van der Waals surface area contributed by atoms with Gasteiger partial charge in [-0.2, -0.15) is 0 Å². The van der Waals surface area contributed by atoms with E-state index < -0.39 is 0 Å². The Balaban J connectivity index is 0.00000220. The second kappa shape index (κ2) is 7.81. The van der Waals surface area contributed by atoms with Crippen molar-refractivity contribution in [1.82, 2.24) is 10.6 Å². The van der Waals surface area contributed by atoms with E-state index in [1.54, 1.807) is 0 Å². The first kappa shape index (κ1) is 18.0. The van der Waals surface area contributed by atoms with Crippen LogP contribution in [0, 0.1) is 0 Å². The van der Waals surface area contributed by atoms with Crippen LogP contribution in [0.3, 0.4) is 0 Å². The molecule has 0 aliphatic carbocycles. The zero-order chi connectivity index (χ0) is 14.6. The lowest BCUT2D eigenvalue weighted by atomic mass is 9.86. The van der Waals surface area contributed by atoms with Crippen LogP contribution in [0.2, 0.25) is 0 Å². The van der Waals surface area contributed by atoms with Gasteiger partial charge in [-0.1, -0.05) is 45.0 Å². The Hall–Kier alpha value is -1.06. The summed E-state index contributed by atoms with van der Waals surface area (Å²) in [6, 6.07) is 8.96. The molecule has 2 rings (SSSR count). The maximum absolute atomic E-state index is 11.9. The summed E-state index contributed by atoms with van der Waals surface area (Å²) >= 11 is 0. The van der Waals surface area contributed by atoms with Crippen molar-refractivity contribution in [2.24, 2.45) is 0 Å². The van der Waals surface area contributed by atoms with Crippen molar-refractivity contribution >= 4 is 18.3 Å². The fourth-order valence-corrected chi connectivity index (χ4v) is 2.51. The van der Waals surface area contributed by atoms with Gasteiger partial charge in [-0.05, 0) is 35.9 Å². The predicted molar refractivity (Wildman–Crippen MR) is 90.1 cm³/mol. The van der Waals surface area contributed by atoms with E-state index in [-0.39, 0.29) is 23.7 Å². The molecule has 1 fully saturated rings. The van der Waals surface area contributed by atoms with Crippen molar-refractivity contribution in [3.05, 3.63) is 35.4 Å². The lowest BCUT2D eigenvalue weighted by Crippen LogP contribution is -2.36. The molecule has 4 heteroatoms. The van der Waals surface area contributed by atoms with Gasteiger partial charge in [-0.3, -0.25) is 4.79 Å². The average molecular weight is 311 g/mol. The molecule has 3 nitrogen and oxygen atoms in total. The molecule has 1 aromatic rings. The van der Waals surface area contributed by atoms with Gasteiger partial charge >= 0.3 is 0 Å². The summed E-state index contributed by atoms with van der Waals surface area (Å²) in [4.78, 5) is 11.9. The molecule has 1 aliphatic heterocycles. The molecule has 1 unspecified atom stereocenters. The van der Waals surface area contributed by atoms with Crippen LogP contribution in [0.4, 0.5) is 0 Å². The Bertz CT molecular complexity index is 445. The van der Waals surface area contributed by atoms with Crippen molar-refractivity contribution < 1.29 is 4.79 Å². The molecule has 0 bridgehead atoms. The Labute approximate surface area is 134 Å². The number of amides is 1. The van der Waals surface area contributed by atoms with Gasteiger partial charge in [0.1, 0.15) is 0 Å². The summed E-state index contributed by atoms with van der Waals surface area (Å²) in [5.41, 5.74) is 2.76. The first-order valence-electron chi connectivity index (χ1n) is 7.54. The number of carbonyl (C=O) groups excluding carboxylic acids is 1. The van der Waals surface area contributed by atoms with Crippen LogP contribution >= 0.6 is 12.4 Å². The molecule has 0 radical (unpaired) electrons. The van der Waals surface area contributed by atoms with Gasteiger partial charge < -0.3 is 10.6 Å². The molecular formula is C17H27ClN2O. The minimum absolute atomic E-state index is 0. The van der Waals surface area contributed by atoms with Crippen LogP contribution in [-0.4, -0.2) is 25.0 Å². The van der Waals surface area contributed by atoms with Crippen molar-refractivity contribution in [1.29, 1.82) is 0 Å². The predicted octanol–water partition coefficient (Wildman–Crippen LogP) is 2.82. The highest BCUT2D eigenvalue weighted by Crippen LogP contribution is 2.22. The van der Waals surface area contributed by atoms with E-state index in [1.807, 2.05) is 0 Å². The Morgan fingerprint density at radius 2 is 1.95 bits per heavy atom. The summed E-state index contributed by atoms with van der Waals surface area (Å²) in [7, 11) is 0. The zero-order valence-electron chi connectivity index (χ0n) is 13.2. The van der Waals surface area contributed by atoms with E-state index >= 15 is 0 Å². The molecular weight excluding hydrogens is 284 g/mol. The van der Waals surface area contributed by atoms with Crippen LogP contribution in [0.1, 0.15) is 44.7 Å². The van der Waals surface area contributed by atoms with Gasteiger partial charge in [-0.25, -0.2) is 0 Å². The molecule has 1 saturated heterocycles. The SMILES string of the molecule is CC(C)(C)c1ccc(CCC(=O)NC2CCNC2)cc1.Cl. The van der Waals surface area contributed by atoms with E-state index in [0.29, 0.717) is 12.5 Å². The topological polar surface area (TPSA) is 41.1 Å². The van der Waals surface area contributed by atoms with Crippen LogP contribution < -0.4 is 10.6 Å². The maximum atomic E-state index is 11.9. The Morgan fingerprint density at radius 1 is 1.29 bits per heavy atom. The van der Waals surface area contributed by atoms with E-state index in [4.69, 9.17) is 0 Å². The second-order valence-corrected chi connectivity index (χ2v) is 6.70. The lowest BCUT2D eigenvalue weighted by Gasteiger charge is -2.19. The summed E-state index contributed by atoms with van der Waals surface area (Å²) in [5, 5.41) is 6.34. The Kier molecular flexibility index (Phi) is 6.69. The molecule has 1 amide bonds. The lowest BCUT2D eigenvalue weighted by molar-refractivity contribution is -0.121. The van der Waals surface area contributed by atoms with Gasteiger partial charge in [0.25, 0.3) is 0 Å². The van der Waals surface area contributed by atoms with E-state index in [2.05, 4.69) is 55.7 Å². The smallest absolute Gasteiger partial charge is 0.220 e. The van der Waals surface area contributed by atoms with Crippen molar-refractivity contribution in [3.63, 3.8) is 0 Å². The van der Waals surface area contributed by atoms with Crippen molar-refractivity contribution in [3.8, 4) is 0 Å². The van der Waals surface area contributed by atoms with Gasteiger partial charge in [0, 0.05) is 19.0 Å². The molecule has 1 aromatic carbocycles. The van der Waals surface area contributed by atoms with Crippen LogP contribution in [0.25, 0.3) is 0 Å². The first-order valence-corrected chi connectivity index (χ1v) is 7.54. The number of nitrogens with one attached hydrogen (secondary N) is 2. The van der Waals surface area contributed by atoms with Crippen molar-refractivity contribution in [2.45, 2.75) is 51.5 Å².